The van der Waals surface area contributed by atoms with E-state index in [0.29, 0.717) is 18.1 Å². The lowest BCUT2D eigenvalue weighted by Gasteiger charge is -2.23. The maximum atomic E-state index is 12.1. The van der Waals surface area contributed by atoms with Gasteiger partial charge in [-0.3, -0.25) is 4.79 Å². The normalized spacial score (nSPS) is 17.8. The molecule has 1 aliphatic rings. The number of aryl methyl sites for hydroxylation is 2. The standard InChI is InChI=1S/C16H26N4O2/c1-12-9-15(19-13(2)18-12)16(22)17-10-14(21)11-20-7-5-3-4-6-8-20/h9,14,21H,3-8,10-11H2,1-2H3,(H,17,22). The Balaban J connectivity index is 1.79. The van der Waals surface area contributed by atoms with Crippen molar-refractivity contribution in [2.24, 2.45) is 0 Å². The number of hydrogen-bond donors (Lipinski definition) is 2. The summed E-state index contributed by atoms with van der Waals surface area (Å²) in [5, 5.41) is 12.9. The molecule has 22 heavy (non-hydrogen) atoms. The second-order valence-corrected chi connectivity index (χ2v) is 6.02. The zero-order valence-corrected chi connectivity index (χ0v) is 13.5. The van der Waals surface area contributed by atoms with Gasteiger partial charge in [-0.05, 0) is 45.8 Å². The molecule has 0 radical (unpaired) electrons. The summed E-state index contributed by atoms with van der Waals surface area (Å²) in [6, 6.07) is 1.66. The minimum Gasteiger partial charge on any atom is -0.390 e. The van der Waals surface area contributed by atoms with E-state index in [9.17, 15) is 9.90 Å². The summed E-state index contributed by atoms with van der Waals surface area (Å²) in [6.45, 7) is 6.53. The molecule has 1 saturated heterocycles. The lowest BCUT2D eigenvalue weighted by molar-refractivity contribution is 0.0858. The number of likely N-dealkylation sites (tertiary alicyclic amines) is 1. The molecule has 2 rings (SSSR count). The Bertz CT molecular complexity index is 479. The summed E-state index contributed by atoms with van der Waals surface area (Å²) in [5.74, 6) is 0.318. The molecule has 0 aliphatic carbocycles. The highest BCUT2D eigenvalue weighted by Crippen LogP contribution is 2.09. The Morgan fingerprint density at radius 3 is 2.59 bits per heavy atom. The minimum absolute atomic E-state index is 0.247. The number of hydrogen-bond acceptors (Lipinski definition) is 5. The molecule has 0 aromatic carbocycles. The van der Waals surface area contributed by atoms with Crippen LogP contribution in [-0.2, 0) is 0 Å². The van der Waals surface area contributed by atoms with Gasteiger partial charge in [0.15, 0.2) is 0 Å². The second kappa shape index (κ2) is 8.19. The molecule has 6 nitrogen and oxygen atoms in total. The molecule has 2 N–H and O–H groups in total. The number of nitrogens with zero attached hydrogens (tertiary/aromatic N) is 3. The summed E-state index contributed by atoms with van der Waals surface area (Å²) in [6.07, 6.45) is 4.38. The van der Waals surface area contributed by atoms with E-state index in [0.717, 1.165) is 18.8 Å². The minimum atomic E-state index is -0.550. The smallest absolute Gasteiger partial charge is 0.270 e. The quantitative estimate of drug-likeness (QED) is 0.850. The third kappa shape index (κ3) is 5.35. The van der Waals surface area contributed by atoms with E-state index in [-0.39, 0.29) is 12.5 Å². The molecular formula is C16H26N4O2. The van der Waals surface area contributed by atoms with E-state index in [1.165, 1.54) is 25.7 Å². The first-order valence-corrected chi connectivity index (χ1v) is 8.05. The van der Waals surface area contributed by atoms with Crippen LogP contribution < -0.4 is 5.32 Å². The van der Waals surface area contributed by atoms with Gasteiger partial charge in [-0.2, -0.15) is 0 Å². The average molecular weight is 306 g/mol. The maximum absolute atomic E-state index is 12.1. The third-order valence-corrected chi connectivity index (χ3v) is 3.86. The number of aliphatic hydroxyl groups is 1. The molecule has 0 saturated carbocycles. The first-order valence-electron chi connectivity index (χ1n) is 8.05. The SMILES string of the molecule is Cc1cc(C(=O)NCC(O)CN2CCCCCC2)nc(C)n1. The highest BCUT2D eigenvalue weighted by Gasteiger charge is 2.15. The first-order chi connectivity index (χ1) is 10.5. The van der Waals surface area contributed by atoms with E-state index in [1.54, 1.807) is 13.0 Å². The Morgan fingerprint density at radius 1 is 1.27 bits per heavy atom. The van der Waals surface area contributed by atoms with Crippen LogP contribution in [0.5, 0.6) is 0 Å². The Hall–Kier alpha value is -1.53. The van der Waals surface area contributed by atoms with Gasteiger partial charge in [0.05, 0.1) is 6.10 Å². The van der Waals surface area contributed by atoms with E-state index in [2.05, 4.69) is 20.2 Å². The average Bonchev–Trinajstić information content (AvgIpc) is 2.72. The third-order valence-electron chi connectivity index (χ3n) is 3.86. The van der Waals surface area contributed by atoms with Crippen LogP contribution in [0.4, 0.5) is 0 Å². The van der Waals surface area contributed by atoms with Crippen molar-refractivity contribution in [3.63, 3.8) is 0 Å². The van der Waals surface area contributed by atoms with Crippen molar-refractivity contribution in [2.75, 3.05) is 26.2 Å². The molecule has 1 atom stereocenters. The Labute approximate surface area is 132 Å². The summed E-state index contributed by atoms with van der Waals surface area (Å²) < 4.78 is 0. The zero-order valence-electron chi connectivity index (χ0n) is 13.5. The molecule has 1 amide bonds. The molecular weight excluding hydrogens is 280 g/mol. The fourth-order valence-corrected chi connectivity index (χ4v) is 2.82. The van der Waals surface area contributed by atoms with Crippen molar-refractivity contribution >= 4 is 5.91 Å². The van der Waals surface area contributed by atoms with Crippen LogP contribution in [0, 0.1) is 13.8 Å². The fourth-order valence-electron chi connectivity index (χ4n) is 2.82. The Kier molecular flexibility index (Phi) is 6.27. The predicted molar refractivity (Wildman–Crippen MR) is 84.8 cm³/mol. The number of amides is 1. The number of aromatic nitrogens is 2. The van der Waals surface area contributed by atoms with E-state index >= 15 is 0 Å². The summed E-state index contributed by atoms with van der Waals surface area (Å²) in [4.78, 5) is 22.6. The van der Waals surface area contributed by atoms with Gasteiger partial charge >= 0.3 is 0 Å². The zero-order chi connectivity index (χ0) is 15.9. The molecule has 0 bridgehead atoms. The summed E-state index contributed by atoms with van der Waals surface area (Å²) >= 11 is 0. The molecule has 1 aliphatic heterocycles. The summed E-state index contributed by atoms with van der Waals surface area (Å²) in [5.41, 5.74) is 1.12. The largest absolute Gasteiger partial charge is 0.390 e. The van der Waals surface area contributed by atoms with Crippen LogP contribution >= 0.6 is 0 Å². The lowest BCUT2D eigenvalue weighted by atomic mass is 10.2. The fraction of sp³-hybridized carbons (Fsp3) is 0.688. The molecule has 1 aromatic rings. The Morgan fingerprint density at radius 2 is 1.95 bits per heavy atom. The van der Waals surface area contributed by atoms with Gasteiger partial charge in [0.2, 0.25) is 0 Å². The number of carbonyl (C=O) groups excluding carboxylic acids is 1. The maximum Gasteiger partial charge on any atom is 0.270 e. The van der Waals surface area contributed by atoms with Crippen LogP contribution in [0.2, 0.25) is 0 Å². The van der Waals surface area contributed by atoms with Crippen molar-refractivity contribution < 1.29 is 9.90 Å². The van der Waals surface area contributed by atoms with Crippen LogP contribution in [0.25, 0.3) is 0 Å². The van der Waals surface area contributed by atoms with Gasteiger partial charge in [0.25, 0.3) is 5.91 Å². The van der Waals surface area contributed by atoms with Gasteiger partial charge in [0, 0.05) is 18.8 Å². The number of rotatable bonds is 5. The van der Waals surface area contributed by atoms with E-state index in [4.69, 9.17) is 0 Å². The number of β-amino-alcohol motifs (C(OH)–C–C–N with tert-alkyl or cyclic N) is 1. The first kappa shape index (κ1) is 16.8. The van der Waals surface area contributed by atoms with Crippen LogP contribution in [0.1, 0.15) is 47.7 Å². The number of nitrogens with one attached hydrogen (secondary N) is 1. The molecule has 1 unspecified atom stereocenters. The molecule has 0 spiro atoms. The molecule has 6 heteroatoms. The van der Waals surface area contributed by atoms with Crippen molar-refractivity contribution in [3.8, 4) is 0 Å². The monoisotopic (exact) mass is 306 g/mol. The van der Waals surface area contributed by atoms with Gasteiger partial charge < -0.3 is 15.3 Å². The highest BCUT2D eigenvalue weighted by molar-refractivity contribution is 5.92. The second-order valence-electron chi connectivity index (χ2n) is 6.02. The van der Waals surface area contributed by atoms with E-state index in [1.807, 2.05) is 6.92 Å². The van der Waals surface area contributed by atoms with Gasteiger partial charge in [-0.1, -0.05) is 12.8 Å². The van der Waals surface area contributed by atoms with Crippen molar-refractivity contribution in [3.05, 3.63) is 23.3 Å². The van der Waals surface area contributed by atoms with Gasteiger partial charge in [-0.25, -0.2) is 9.97 Å². The van der Waals surface area contributed by atoms with E-state index < -0.39 is 6.10 Å². The van der Waals surface area contributed by atoms with Crippen LogP contribution in [-0.4, -0.2) is 58.2 Å². The lowest BCUT2D eigenvalue weighted by Crippen LogP contribution is -2.40. The molecule has 2 heterocycles. The number of carbonyl (C=O) groups is 1. The van der Waals surface area contributed by atoms with Gasteiger partial charge in [0.1, 0.15) is 11.5 Å². The van der Waals surface area contributed by atoms with Crippen molar-refractivity contribution in [2.45, 2.75) is 45.6 Å². The highest BCUT2D eigenvalue weighted by atomic mass is 16.3. The molecule has 1 fully saturated rings. The van der Waals surface area contributed by atoms with Gasteiger partial charge in [-0.15, -0.1) is 0 Å². The topological polar surface area (TPSA) is 78.4 Å². The molecule has 122 valence electrons. The predicted octanol–water partition coefficient (Wildman–Crippen LogP) is 1.06. The van der Waals surface area contributed by atoms with Crippen LogP contribution in [0.3, 0.4) is 0 Å². The van der Waals surface area contributed by atoms with Crippen molar-refractivity contribution in [1.29, 1.82) is 0 Å². The number of aliphatic hydroxyl groups excluding tert-OH is 1. The van der Waals surface area contributed by atoms with Crippen LogP contribution in [0.15, 0.2) is 6.07 Å². The summed E-state index contributed by atoms with van der Waals surface area (Å²) in [7, 11) is 0. The van der Waals surface area contributed by atoms with Crippen molar-refractivity contribution in [1.82, 2.24) is 20.2 Å². The molecule has 1 aromatic heterocycles.